The Labute approximate surface area is 133 Å². The number of methoxy groups -OCH3 is 1. The minimum absolute atomic E-state index is 0.000789. The van der Waals surface area contributed by atoms with Crippen LogP contribution in [0.5, 0.6) is 0 Å². The lowest BCUT2D eigenvalue weighted by Gasteiger charge is -2.16. The third-order valence-electron chi connectivity index (χ3n) is 3.25. The molecule has 1 aliphatic carbocycles. The van der Waals surface area contributed by atoms with Crippen LogP contribution in [-0.4, -0.2) is 13.1 Å². The van der Waals surface area contributed by atoms with Gasteiger partial charge in [0.25, 0.3) is 0 Å². The summed E-state index contributed by atoms with van der Waals surface area (Å²) in [6.07, 6.45) is 15.7. The van der Waals surface area contributed by atoms with Gasteiger partial charge in [0, 0.05) is 10.4 Å². The first kappa shape index (κ1) is 15.5. The minimum Gasteiger partial charge on any atom is -0.469 e. The van der Waals surface area contributed by atoms with Crippen molar-refractivity contribution in [3.63, 3.8) is 0 Å². The van der Waals surface area contributed by atoms with Crippen LogP contribution < -0.4 is 0 Å². The number of allylic oxidation sites excluding steroid dienone is 6. The molecule has 2 nitrogen and oxygen atoms in total. The van der Waals surface area contributed by atoms with Crippen LogP contribution in [-0.2, 0) is 9.53 Å². The molecule has 0 saturated carbocycles. The summed E-state index contributed by atoms with van der Waals surface area (Å²) in [5, 5.41) is 0. The molecule has 1 aliphatic rings. The zero-order chi connectivity index (χ0) is 15.1. The molecule has 108 valence electrons. The monoisotopic (exact) mass is 344 g/mol. The Kier molecular flexibility index (Phi) is 5.76. The van der Waals surface area contributed by atoms with Crippen molar-refractivity contribution in [3.8, 4) is 0 Å². The second-order valence-corrected chi connectivity index (χ2v) is 5.61. The van der Waals surface area contributed by atoms with E-state index in [2.05, 4.69) is 15.9 Å². The number of carbonyl (C=O) groups excluding carboxylic acids is 1. The maximum absolute atomic E-state index is 12.0. The van der Waals surface area contributed by atoms with Gasteiger partial charge in [0.05, 0.1) is 13.0 Å². The zero-order valence-corrected chi connectivity index (χ0v) is 13.4. The fraction of sp³-hybridized carbons (Fsp3) is 0.167. The minimum atomic E-state index is -0.328. The van der Waals surface area contributed by atoms with Gasteiger partial charge in [0.1, 0.15) is 0 Å². The van der Waals surface area contributed by atoms with E-state index >= 15 is 0 Å². The lowest BCUT2D eigenvalue weighted by Crippen LogP contribution is -2.20. The maximum atomic E-state index is 12.0. The van der Waals surface area contributed by atoms with Gasteiger partial charge < -0.3 is 4.74 Å². The quantitative estimate of drug-likeness (QED) is 0.749. The number of halogens is 1. The van der Waals surface area contributed by atoms with Gasteiger partial charge in [-0.05, 0) is 17.7 Å². The molecule has 0 heterocycles. The van der Waals surface area contributed by atoms with Gasteiger partial charge >= 0.3 is 5.97 Å². The van der Waals surface area contributed by atoms with Crippen LogP contribution in [0, 0.1) is 11.8 Å². The van der Waals surface area contributed by atoms with Gasteiger partial charge in [-0.25, -0.2) is 0 Å². The molecule has 0 amide bonds. The molecule has 2 rings (SSSR count). The van der Waals surface area contributed by atoms with Crippen molar-refractivity contribution in [1.82, 2.24) is 0 Å². The number of hydrogen-bond donors (Lipinski definition) is 0. The third-order valence-corrected chi connectivity index (χ3v) is 3.78. The number of benzene rings is 1. The molecule has 3 heteroatoms. The van der Waals surface area contributed by atoms with E-state index in [4.69, 9.17) is 4.74 Å². The summed E-state index contributed by atoms with van der Waals surface area (Å²) in [6.45, 7) is 0. The van der Waals surface area contributed by atoms with Crippen LogP contribution >= 0.6 is 15.9 Å². The standard InChI is InChI=1S/C18H17BrO2/c1-21-18(20)17(15-6-4-2-3-5-7-15)13-10-14-8-11-16(19)12-9-14/h2-13,15,17H,1H3/b13-10+/t17-/m0/s1. The summed E-state index contributed by atoms with van der Waals surface area (Å²) < 4.78 is 5.96. The molecular formula is C18H17BrO2. The molecule has 0 bridgehead atoms. The molecule has 0 aromatic heterocycles. The van der Waals surface area contributed by atoms with Gasteiger partial charge in [-0.3, -0.25) is 4.79 Å². The second kappa shape index (κ2) is 7.79. The third kappa shape index (κ3) is 4.57. The molecule has 0 N–H and O–H groups in total. The first-order valence-electron chi connectivity index (χ1n) is 6.74. The Hall–Kier alpha value is -1.87. The zero-order valence-electron chi connectivity index (χ0n) is 11.8. The van der Waals surface area contributed by atoms with E-state index in [0.29, 0.717) is 0 Å². The highest BCUT2D eigenvalue weighted by Gasteiger charge is 2.23. The van der Waals surface area contributed by atoms with Crippen molar-refractivity contribution in [2.45, 2.75) is 0 Å². The van der Waals surface area contributed by atoms with Crippen molar-refractivity contribution in [1.29, 1.82) is 0 Å². The van der Waals surface area contributed by atoms with Crippen molar-refractivity contribution < 1.29 is 9.53 Å². The molecule has 0 fully saturated rings. The van der Waals surface area contributed by atoms with Crippen LogP contribution in [0.2, 0.25) is 0 Å². The van der Waals surface area contributed by atoms with Crippen LogP contribution in [0.1, 0.15) is 5.56 Å². The molecule has 0 saturated heterocycles. The van der Waals surface area contributed by atoms with E-state index in [-0.39, 0.29) is 17.8 Å². The highest BCUT2D eigenvalue weighted by Crippen LogP contribution is 2.22. The van der Waals surface area contributed by atoms with E-state index in [1.807, 2.05) is 72.9 Å². The molecule has 0 radical (unpaired) electrons. The smallest absolute Gasteiger partial charge is 0.313 e. The number of ether oxygens (including phenoxy) is 1. The molecule has 1 aromatic carbocycles. The van der Waals surface area contributed by atoms with E-state index < -0.39 is 0 Å². The fourth-order valence-electron chi connectivity index (χ4n) is 2.11. The summed E-state index contributed by atoms with van der Waals surface area (Å²) in [5.74, 6) is -0.560. The van der Waals surface area contributed by atoms with Crippen molar-refractivity contribution in [2.24, 2.45) is 11.8 Å². The fourth-order valence-corrected chi connectivity index (χ4v) is 2.37. The molecule has 0 aliphatic heterocycles. The number of esters is 1. The molecule has 1 atom stereocenters. The van der Waals surface area contributed by atoms with Crippen molar-refractivity contribution >= 4 is 28.0 Å². The second-order valence-electron chi connectivity index (χ2n) is 4.69. The van der Waals surface area contributed by atoms with E-state index in [0.717, 1.165) is 10.0 Å². The van der Waals surface area contributed by atoms with E-state index in [1.165, 1.54) is 7.11 Å². The summed E-state index contributed by atoms with van der Waals surface area (Å²) in [5.41, 5.74) is 1.05. The van der Waals surface area contributed by atoms with Gasteiger partial charge in [0.2, 0.25) is 0 Å². The number of hydrogen-bond acceptors (Lipinski definition) is 2. The van der Waals surface area contributed by atoms with E-state index in [9.17, 15) is 4.79 Å². The summed E-state index contributed by atoms with van der Waals surface area (Å²) in [6, 6.07) is 7.94. The molecule has 21 heavy (non-hydrogen) atoms. The Morgan fingerprint density at radius 3 is 2.33 bits per heavy atom. The number of carbonyl (C=O) groups is 1. The number of rotatable bonds is 4. The van der Waals surface area contributed by atoms with Gasteiger partial charge in [0.15, 0.2) is 0 Å². The average molecular weight is 345 g/mol. The van der Waals surface area contributed by atoms with Gasteiger partial charge in [-0.1, -0.05) is 76.7 Å². The lowest BCUT2D eigenvalue weighted by molar-refractivity contribution is -0.144. The topological polar surface area (TPSA) is 26.3 Å². The van der Waals surface area contributed by atoms with Gasteiger partial charge in [-0.2, -0.15) is 0 Å². The first-order chi connectivity index (χ1) is 10.2. The predicted molar refractivity (Wildman–Crippen MR) is 89.6 cm³/mol. The highest BCUT2D eigenvalue weighted by atomic mass is 79.9. The molecule has 1 aromatic rings. The Bertz CT molecular complexity index is 578. The summed E-state index contributed by atoms with van der Waals surface area (Å²) in [4.78, 5) is 12.0. The highest BCUT2D eigenvalue weighted by molar-refractivity contribution is 9.10. The van der Waals surface area contributed by atoms with Crippen LogP contribution in [0.15, 0.2) is 71.3 Å². The van der Waals surface area contributed by atoms with Crippen molar-refractivity contribution in [3.05, 3.63) is 76.8 Å². The van der Waals surface area contributed by atoms with Crippen LogP contribution in [0.3, 0.4) is 0 Å². The molecule has 0 unspecified atom stereocenters. The predicted octanol–water partition coefficient (Wildman–Crippen LogP) is 4.55. The summed E-state index contributed by atoms with van der Waals surface area (Å²) in [7, 11) is 1.42. The average Bonchev–Trinajstić information content (AvgIpc) is 2.78. The first-order valence-corrected chi connectivity index (χ1v) is 7.53. The normalized spacial score (nSPS) is 16.1. The summed E-state index contributed by atoms with van der Waals surface area (Å²) >= 11 is 3.41. The van der Waals surface area contributed by atoms with Crippen LogP contribution in [0.4, 0.5) is 0 Å². The lowest BCUT2D eigenvalue weighted by atomic mass is 9.90. The Morgan fingerprint density at radius 1 is 1.14 bits per heavy atom. The van der Waals surface area contributed by atoms with Gasteiger partial charge in [-0.15, -0.1) is 0 Å². The largest absolute Gasteiger partial charge is 0.469 e. The Balaban J connectivity index is 2.20. The maximum Gasteiger partial charge on any atom is 0.313 e. The Morgan fingerprint density at radius 2 is 1.76 bits per heavy atom. The van der Waals surface area contributed by atoms with Crippen LogP contribution in [0.25, 0.3) is 6.08 Å². The molecular weight excluding hydrogens is 328 g/mol. The van der Waals surface area contributed by atoms with Crippen molar-refractivity contribution in [2.75, 3.05) is 7.11 Å². The van der Waals surface area contributed by atoms with E-state index in [1.54, 1.807) is 0 Å². The molecule has 0 spiro atoms. The SMILES string of the molecule is COC(=O)[C@@H](/C=C/c1ccc(Br)cc1)C1C=CC=CC=C1.